The van der Waals surface area contributed by atoms with Crippen LogP contribution in [0.25, 0.3) is 0 Å². The van der Waals surface area contributed by atoms with Crippen molar-refractivity contribution in [2.24, 2.45) is 0 Å². The van der Waals surface area contributed by atoms with Crippen LogP contribution in [0.3, 0.4) is 0 Å². The molecular weight excluding hydrogens is 162 g/mol. The lowest BCUT2D eigenvalue weighted by molar-refractivity contribution is 0.446. The fraction of sp³-hybridized carbons (Fsp3) is 0.727. The summed E-state index contributed by atoms with van der Waals surface area (Å²) in [7, 11) is 0. The Balaban J connectivity index is 2.60. The standard InChI is InChI=1S/C11H19NO/c1-4-6-8-10-9(3)12-11(13-10)7-5-2/h4-8H2,1-3H3. The second-order valence-corrected chi connectivity index (χ2v) is 3.47. The Bertz CT molecular complexity index is 253. The monoisotopic (exact) mass is 181 g/mol. The molecule has 0 aromatic carbocycles. The van der Waals surface area contributed by atoms with Crippen molar-refractivity contribution in [3.05, 3.63) is 17.3 Å². The molecule has 13 heavy (non-hydrogen) atoms. The zero-order valence-electron chi connectivity index (χ0n) is 8.89. The SMILES string of the molecule is CCCCc1oc(CCC)nc1C. The van der Waals surface area contributed by atoms with Gasteiger partial charge in [0.15, 0.2) is 5.89 Å². The average molecular weight is 181 g/mol. The highest BCUT2D eigenvalue weighted by molar-refractivity contribution is 5.07. The third-order valence-corrected chi connectivity index (χ3v) is 2.16. The van der Waals surface area contributed by atoms with Gasteiger partial charge < -0.3 is 4.42 Å². The zero-order valence-corrected chi connectivity index (χ0v) is 8.89. The highest BCUT2D eigenvalue weighted by Crippen LogP contribution is 2.14. The number of aryl methyl sites for hydroxylation is 3. The maximum Gasteiger partial charge on any atom is 0.194 e. The van der Waals surface area contributed by atoms with Crippen LogP contribution in [-0.4, -0.2) is 4.98 Å². The Hall–Kier alpha value is -0.790. The molecule has 0 aliphatic rings. The normalized spacial score (nSPS) is 10.7. The van der Waals surface area contributed by atoms with Crippen LogP contribution < -0.4 is 0 Å². The van der Waals surface area contributed by atoms with E-state index in [1.165, 1.54) is 12.8 Å². The van der Waals surface area contributed by atoms with Crippen LogP contribution in [0.2, 0.25) is 0 Å². The van der Waals surface area contributed by atoms with E-state index in [0.717, 1.165) is 36.6 Å². The lowest BCUT2D eigenvalue weighted by Gasteiger charge is -1.93. The minimum absolute atomic E-state index is 0.908. The molecule has 0 aliphatic heterocycles. The highest BCUT2D eigenvalue weighted by Gasteiger charge is 2.07. The average Bonchev–Trinajstić information content (AvgIpc) is 2.44. The third-order valence-electron chi connectivity index (χ3n) is 2.16. The van der Waals surface area contributed by atoms with Crippen LogP contribution in [0.15, 0.2) is 4.42 Å². The lowest BCUT2D eigenvalue weighted by atomic mass is 10.2. The summed E-state index contributed by atoms with van der Waals surface area (Å²) in [4.78, 5) is 4.39. The van der Waals surface area contributed by atoms with Gasteiger partial charge in [0.25, 0.3) is 0 Å². The first-order valence-electron chi connectivity index (χ1n) is 5.23. The fourth-order valence-electron chi connectivity index (χ4n) is 1.38. The second-order valence-electron chi connectivity index (χ2n) is 3.47. The zero-order chi connectivity index (χ0) is 9.68. The van der Waals surface area contributed by atoms with Crippen molar-refractivity contribution in [1.82, 2.24) is 4.98 Å². The number of hydrogen-bond donors (Lipinski definition) is 0. The fourth-order valence-corrected chi connectivity index (χ4v) is 1.38. The molecule has 0 atom stereocenters. The van der Waals surface area contributed by atoms with Gasteiger partial charge >= 0.3 is 0 Å². The molecule has 1 aromatic heterocycles. The summed E-state index contributed by atoms with van der Waals surface area (Å²) in [6.07, 6.45) is 5.52. The molecule has 0 aliphatic carbocycles. The van der Waals surface area contributed by atoms with Crippen molar-refractivity contribution in [3.63, 3.8) is 0 Å². The van der Waals surface area contributed by atoms with E-state index in [9.17, 15) is 0 Å². The van der Waals surface area contributed by atoms with E-state index in [0.29, 0.717) is 0 Å². The topological polar surface area (TPSA) is 26.0 Å². The molecule has 1 rings (SSSR count). The predicted octanol–water partition coefficient (Wildman–Crippen LogP) is 3.28. The van der Waals surface area contributed by atoms with E-state index in [4.69, 9.17) is 4.42 Å². The van der Waals surface area contributed by atoms with Crippen molar-refractivity contribution in [2.75, 3.05) is 0 Å². The quantitative estimate of drug-likeness (QED) is 0.696. The summed E-state index contributed by atoms with van der Waals surface area (Å²) < 4.78 is 5.65. The first kappa shape index (κ1) is 10.3. The van der Waals surface area contributed by atoms with Gasteiger partial charge in [0.05, 0.1) is 5.69 Å². The molecule has 0 fully saturated rings. The van der Waals surface area contributed by atoms with Crippen LogP contribution in [0.4, 0.5) is 0 Å². The van der Waals surface area contributed by atoms with Gasteiger partial charge in [-0.05, 0) is 19.8 Å². The van der Waals surface area contributed by atoms with Crippen molar-refractivity contribution in [1.29, 1.82) is 0 Å². The Morgan fingerprint density at radius 2 is 1.92 bits per heavy atom. The van der Waals surface area contributed by atoms with Crippen LogP contribution >= 0.6 is 0 Å². The first-order chi connectivity index (χ1) is 6.27. The van der Waals surface area contributed by atoms with E-state index in [-0.39, 0.29) is 0 Å². The largest absolute Gasteiger partial charge is 0.445 e. The van der Waals surface area contributed by atoms with Gasteiger partial charge in [-0.2, -0.15) is 0 Å². The predicted molar refractivity (Wildman–Crippen MR) is 53.8 cm³/mol. The number of aromatic nitrogens is 1. The van der Waals surface area contributed by atoms with Crippen molar-refractivity contribution < 1.29 is 4.42 Å². The van der Waals surface area contributed by atoms with Gasteiger partial charge in [-0.25, -0.2) is 4.98 Å². The summed E-state index contributed by atoms with van der Waals surface area (Å²) >= 11 is 0. The minimum Gasteiger partial charge on any atom is -0.445 e. The Morgan fingerprint density at radius 3 is 2.54 bits per heavy atom. The summed E-state index contributed by atoms with van der Waals surface area (Å²) in [5, 5.41) is 0. The van der Waals surface area contributed by atoms with E-state index >= 15 is 0 Å². The molecule has 0 saturated carbocycles. The molecule has 2 heteroatoms. The molecule has 0 unspecified atom stereocenters. The number of nitrogens with zero attached hydrogens (tertiary/aromatic N) is 1. The van der Waals surface area contributed by atoms with Gasteiger partial charge in [0, 0.05) is 12.8 Å². The van der Waals surface area contributed by atoms with E-state index in [1.54, 1.807) is 0 Å². The second kappa shape index (κ2) is 5.05. The van der Waals surface area contributed by atoms with Crippen LogP contribution in [0, 0.1) is 6.92 Å². The summed E-state index contributed by atoms with van der Waals surface area (Å²) in [6, 6.07) is 0. The lowest BCUT2D eigenvalue weighted by Crippen LogP contribution is -1.84. The van der Waals surface area contributed by atoms with Gasteiger partial charge in [-0.3, -0.25) is 0 Å². The summed E-state index contributed by atoms with van der Waals surface area (Å²) in [5.74, 6) is 2.00. The summed E-state index contributed by atoms with van der Waals surface area (Å²) in [5.41, 5.74) is 1.08. The molecule has 0 saturated heterocycles. The van der Waals surface area contributed by atoms with Crippen molar-refractivity contribution >= 4 is 0 Å². The molecule has 0 N–H and O–H groups in total. The Morgan fingerprint density at radius 1 is 1.15 bits per heavy atom. The van der Waals surface area contributed by atoms with E-state index in [1.807, 2.05) is 6.92 Å². The Kier molecular flexibility index (Phi) is 4.00. The van der Waals surface area contributed by atoms with E-state index in [2.05, 4.69) is 18.8 Å². The number of hydrogen-bond acceptors (Lipinski definition) is 2. The molecular formula is C11H19NO. The third kappa shape index (κ3) is 2.87. The molecule has 74 valence electrons. The highest BCUT2D eigenvalue weighted by atomic mass is 16.4. The van der Waals surface area contributed by atoms with Crippen molar-refractivity contribution in [2.45, 2.75) is 52.9 Å². The van der Waals surface area contributed by atoms with Crippen LogP contribution in [0.1, 0.15) is 50.5 Å². The number of oxazole rings is 1. The number of rotatable bonds is 5. The first-order valence-corrected chi connectivity index (χ1v) is 5.23. The van der Waals surface area contributed by atoms with Gasteiger partial charge in [0.1, 0.15) is 5.76 Å². The van der Waals surface area contributed by atoms with Gasteiger partial charge in [-0.15, -0.1) is 0 Å². The Labute approximate surface area is 80.4 Å². The number of unbranched alkanes of at least 4 members (excludes halogenated alkanes) is 1. The smallest absolute Gasteiger partial charge is 0.194 e. The molecule has 0 spiro atoms. The van der Waals surface area contributed by atoms with Gasteiger partial charge in [0.2, 0.25) is 0 Å². The van der Waals surface area contributed by atoms with Crippen LogP contribution in [-0.2, 0) is 12.8 Å². The molecule has 1 heterocycles. The molecule has 0 amide bonds. The maximum absolute atomic E-state index is 5.65. The van der Waals surface area contributed by atoms with E-state index < -0.39 is 0 Å². The van der Waals surface area contributed by atoms with Crippen molar-refractivity contribution in [3.8, 4) is 0 Å². The minimum atomic E-state index is 0.908. The molecule has 1 aromatic rings. The van der Waals surface area contributed by atoms with Crippen LogP contribution in [0.5, 0.6) is 0 Å². The summed E-state index contributed by atoms with van der Waals surface area (Å²) in [6.45, 7) is 6.37. The van der Waals surface area contributed by atoms with Gasteiger partial charge in [-0.1, -0.05) is 20.3 Å². The maximum atomic E-state index is 5.65. The molecule has 2 nitrogen and oxygen atoms in total. The molecule has 0 bridgehead atoms. The molecule has 0 radical (unpaired) electrons.